The Morgan fingerprint density at radius 1 is 1.26 bits per heavy atom. The van der Waals surface area contributed by atoms with Crippen LogP contribution in [0.25, 0.3) is 0 Å². The number of nitrogens with one attached hydrogen (secondary N) is 1. The first kappa shape index (κ1) is 14.4. The van der Waals surface area contributed by atoms with Gasteiger partial charge in [-0.15, -0.1) is 0 Å². The van der Waals surface area contributed by atoms with Crippen molar-refractivity contribution in [1.82, 2.24) is 5.32 Å². The summed E-state index contributed by atoms with van der Waals surface area (Å²) in [4.78, 5) is 2.31. The molecule has 0 bridgehead atoms. The van der Waals surface area contributed by atoms with Crippen LogP contribution in [0.5, 0.6) is 0 Å². The summed E-state index contributed by atoms with van der Waals surface area (Å²) in [6, 6.07) is 11.2. The van der Waals surface area contributed by atoms with Crippen LogP contribution in [0.2, 0.25) is 0 Å². The first-order valence-corrected chi connectivity index (χ1v) is 7.40. The molecule has 1 aliphatic rings. The maximum atomic E-state index is 5.56. The Morgan fingerprint density at radius 3 is 2.68 bits per heavy atom. The van der Waals surface area contributed by atoms with Crippen molar-refractivity contribution in [2.75, 3.05) is 31.6 Å². The molecule has 0 aliphatic heterocycles. The quantitative estimate of drug-likeness (QED) is 0.729. The number of hydrogen-bond acceptors (Lipinski definition) is 3. The molecule has 0 radical (unpaired) electrons. The zero-order chi connectivity index (χ0) is 13.5. The SMILES string of the molecule is CCOC1CC(NCCCN(C)c2ccccc2)C1. The van der Waals surface area contributed by atoms with Gasteiger partial charge in [0.25, 0.3) is 0 Å². The molecule has 0 spiro atoms. The van der Waals surface area contributed by atoms with Crippen LogP contribution in [-0.2, 0) is 4.74 Å². The highest BCUT2D eigenvalue weighted by Gasteiger charge is 2.28. The van der Waals surface area contributed by atoms with Gasteiger partial charge in [-0.25, -0.2) is 0 Å². The van der Waals surface area contributed by atoms with Crippen LogP contribution in [-0.4, -0.2) is 38.9 Å². The molecule has 0 aromatic heterocycles. The number of benzene rings is 1. The maximum Gasteiger partial charge on any atom is 0.0604 e. The van der Waals surface area contributed by atoms with E-state index in [2.05, 4.69) is 54.5 Å². The molecule has 106 valence electrons. The number of rotatable bonds is 8. The molecule has 0 heterocycles. The molecule has 1 fully saturated rings. The minimum Gasteiger partial charge on any atom is -0.378 e. The second kappa shape index (κ2) is 7.51. The molecule has 1 N–H and O–H groups in total. The van der Waals surface area contributed by atoms with Gasteiger partial charge in [0, 0.05) is 31.9 Å². The lowest BCUT2D eigenvalue weighted by Gasteiger charge is -2.35. The summed E-state index contributed by atoms with van der Waals surface area (Å²) < 4.78 is 5.56. The molecular formula is C16H26N2O. The number of para-hydroxylation sites is 1. The maximum absolute atomic E-state index is 5.56. The molecule has 3 nitrogen and oxygen atoms in total. The fourth-order valence-corrected chi connectivity index (χ4v) is 2.54. The molecule has 2 rings (SSSR count). The van der Waals surface area contributed by atoms with E-state index in [1.54, 1.807) is 0 Å². The molecule has 0 unspecified atom stereocenters. The number of hydrogen-bond donors (Lipinski definition) is 1. The Kier molecular flexibility index (Phi) is 5.67. The van der Waals surface area contributed by atoms with E-state index in [4.69, 9.17) is 4.74 Å². The predicted octanol–water partition coefficient (Wildman–Crippen LogP) is 2.67. The summed E-state index contributed by atoms with van der Waals surface area (Å²) in [5.74, 6) is 0. The van der Waals surface area contributed by atoms with Gasteiger partial charge in [-0.05, 0) is 44.9 Å². The van der Waals surface area contributed by atoms with Crippen molar-refractivity contribution in [1.29, 1.82) is 0 Å². The van der Waals surface area contributed by atoms with Gasteiger partial charge in [0.2, 0.25) is 0 Å². The highest BCUT2D eigenvalue weighted by atomic mass is 16.5. The van der Waals surface area contributed by atoms with E-state index < -0.39 is 0 Å². The highest BCUT2D eigenvalue weighted by molar-refractivity contribution is 5.44. The molecule has 0 amide bonds. The van der Waals surface area contributed by atoms with E-state index >= 15 is 0 Å². The van der Waals surface area contributed by atoms with Crippen LogP contribution >= 0.6 is 0 Å². The summed E-state index contributed by atoms with van der Waals surface area (Å²) in [5, 5.41) is 3.61. The van der Waals surface area contributed by atoms with E-state index in [1.165, 1.54) is 24.9 Å². The summed E-state index contributed by atoms with van der Waals surface area (Å²) >= 11 is 0. The summed E-state index contributed by atoms with van der Waals surface area (Å²) in [5.41, 5.74) is 1.29. The minimum absolute atomic E-state index is 0.509. The number of nitrogens with zero attached hydrogens (tertiary/aromatic N) is 1. The van der Waals surface area contributed by atoms with Crippen molar-refractivity contribution in [2.45, 2.75) is 38.3 Å². The standard InChI is InChI=1S/C16H26N2O/c1-3-19-16-12-14(13-16)17-10-7-11-18(2)15-8-5-4-6-9-15/h4-6,8-9,14,16-17H,3,7,10-13H2,1-2H3. The third kappa shape index (κ3) is 4.51. The first-order valence-electron chi connectivity index (χ1n) is 7.40. The molecule has 1 aromatic rings. The minimum atomic E-state index is 0.509. The Hall–Kier alpha value is -1.06. The molecule has 1 saturated carbocycles. The molecule has 0 atom stereocenters. The van der Waals surface area contributed by atoms with E-state index in [1.807, 2.05) is 0 Å². The molecule has 1 aliphatic carbocycles. The first-order chi connectivity index (χ1) is 9.29. The smallest absolute Gasteiger partial charge is 0.0604 e. The van der Waals surface area contributed by atoms with Crippen molar-refractivity contribution in [3.05, 3.63) is 30.3 Å². The second-order valence-electron chi connectivity index (χ2n) is 5.31. The van der Waals surface area contributed by atoms with E-state index in [-0.39, 0.29) is 0 Å². The van der Waals surface area contributed by atoms with Crippen LogP contribution in [0.3, 0.4) is 0 Å². The summed E-state index contributed by atoms with van der Waals surface area (Å²) in [7, 11) is 2.16. The van der Waals surface area contributed by atoms with Crippen molar-refractivity contribution < 1.29 is 4.74 Å². The topological polar surface area (TPSA) is 24.5 Å². The van der Waals surface area contributed by atoms with Gasteiger partial charge in [-0.3, -0.25) is 0 Å². The van der Waals surface area contributed by atoms with E-state index in [0.717, 1.165) is 19.7 Å². The fourth-order valence-electron chi connectivity index (χ4n) is 2.54. The van der Waals surface area contributed by atoms with Crippen LogP contribution in [0, 0.1) is 0 Å². The van der Waals surface area contributed by atoms with Crippen LogP contribution in [0.4, 0.5) is 5.69 Å². The third-order valence-corrected chi connectivity index (χ3v) is 3.80. The normalized spacial score (nSPS) is 22.0. The zero-order valence-electron chi connectivity index (χ0n) is 12.1. The van der Waals surface area contributed by atoms with E-state index in [9.17, 15) is 0 Å². The van der Waals surface area contributed by atoms with Gasteiger partial charge >= 0.3 is 0 Å². The molecule has 0 saturated heterocycles. The Morgan fingerprint density at radius 2 is 2.00 bits per heavy atom. The highest BCUT2D eigenvalue weighted by Crippen LogP contribution is 2.23. The molecule has 1 aromatic carbocycles. The van der Waals surface area contributed by atoms with Gasteiger partial charge in [0.15, 0.2) is 0 Å². The lowest BCUT2D eigenvalue weighted by Crippen LogP contribution is -2.46. The monoisotopic (exact) mass is 262 g/mol. The lowest BCUT2D eigenvalue weighted by molar-refractivity contribution is -0.00969. The van der Waals surface area contributed by atoms with Gasteiger partial charge in [-0.2, -0.15) is 0 Å². The Labute approximate surface area is 116 Å². The van der Waals surface area contributed by atoms with Crippen molar-refractivity contribution >= 4 is 5.69 Å². The van der Waals surface area contributed by atoms with Gasteiger partial charge in [0.1, 0.15) is 0 Å². The summed E-state index contributed by atoms with van der Waals surface area (Å²) in [6.07, 6.45) is 4.06. The predicted molar refractivity (Wildman–Crippen MR) is 80.8 cm³/mol. The van der Waals surface area contributed by atoms with Crippen LogP contribution in [0.15, 0.2) is 30.3 Å². The molecule has 19 heavy (non-hydrogen) atoms. The average Bonchev–Trinajstić information content (AvgIpc) is 2.41. The Balaban J connectivity index is 1.53. The van der Waals surface area contributed by atoms with Crippen molar-refractivity contribution in [3.63, 3.8) is 0 Å². The average molecular weight is 262 g/mol. The number of ether oxygens (including phenoxy) is 1. The number of anilines is 1. The lowest BCUT2D eigenvalue weighted by atomic mass is 9.89. The van der Waals surface area contributed by atoms with Gasteiger partial charge < -0.3 is 15.0 Å². The molecule has 3 heteroatoms. The largest absolute Gasteiger partial charge is 0.378 e. The van der Waals surface area contributed by atoms with Gasteiger partial charge in [0.05, 0.1) is 6.10 Å². The van der Waals surface area contributed by atoms with Crippen LogP contribution in [0.1, 0.15) is 26.2 Å². The second-order valence-corrected chi connectivity index (χ2v) is 5.31. The van der Waals surface area contributed by atoms with Gasteiger partial charge in [-0.1, -0.05) is 18.2 Å². The van der Waals surface area contributed by atoms with Crippen molar-refractivity contribution in [3.8, 4) is 0 Å². The van der Waals surface area contributed by atoms with E-state index in [0.29, 0.717) is 12.1 Å². The van der Waals surface area contributed by atoms with Crippen molar-refractivity contribution in [2.24, 2.45) is 0 Å². The Bertz CT molecular complexity index is 349. The third-order valence-electron chi connectivity index (χ3n) is 3.80. The summed E-state index contributed by atoms with van der Waals surface area (Å²) in [6.45, 7) is 5.11. The van der Waals surface area contributed by atoms with Crippen LogP contribution < -0.4 is 10.2 Å². The fraction of sp³-hybridized carbons (Fsp3) is 0.625. The zero-order valence-corrected chi connectivity index (χ0v) is 12.1. The molecular weight excluding hydrogens is 236 g/mol.